The first kappa shape index (κ1) is 14.6. The van der Waals surface area contributed by atoms with Gasteiger partial charge in [-0.3, -0.25) is 4.79 Å². The van der Waals surface area contributed by atoms with Crippen molar-refractivity contribution in [2.75, 3.05) is 20.0 Å². The van der Waals surface area contributed by atoms with E-state index in [9.17, 15) is 4.79 Å². The Bertz CT molecular complexity index is 735. The lowest BCUT2D eigenvalue weighted by molar-refractivity contribution is 0.354. The Kier molecular flexibility index (Phi) is 4.27. The average Bonchev–Trinajstić information content (AvgIpc) is 2.45. The van der Waals surface area contributed by atoms with Gasteiger partial charge in [0, 0.05) is 11.6 Å². The van der Waals surface area contributed by atoms with Crippen LogP contribution >= 0.6 is 0 Å². The van der Waals surface area contributed by atoms with Crippen molar-refractivity contribution in [2.45, 2.75) is 6.92 Å². The van der Waals surface area contributed by atoms with E-state index in [4.69, 9.17) is 15.2 Å². The molecule has 0 aliphatic rings. The van der Waals surface area contributed by atoms with Gasteiger partial charge in [0.2, 0.25) is 0 Å². The number of hydrogen-bond donors (Lipinski definition) is 1. The predicted molar refractivity (Wildman–Crippen MR) is 82.4 cm³/mol. The Morgan fingerprint density at radius 2 is 2.00 bits per heavy atom. The van der Waals surface area contributed by atoms with Gasteiger partial charge in [-0.05, 0) is 30.7 Å². The lowest BCUT2D eigenvalue weighted by Crippen LogP contribution is -2.19. The molecular weight excluding hydrogens is 270 g/mol. The van der Waals surface area contributed by atoms with Gasteiger partial charge < -0.3 is 15.2 Å². The normalized spacial score (nSPS) is 10.8. The molecule has 21 heavy (non-hydrogen) atoms. The first-order valence-corrected chi connectivity index (χ1v) is 6.31. The SMILES string of the molecule is COc1cccc(/C=N\n2c(N)cc(C)cc2=O)c1OC. The third kappa shape index (κ3) is 3.05. The number of ether oxygens (including phenoxy) is 2. The smallest absolute Gasteiger partial charge is 0.273 e. The summed E-state index contributed by atoms with van der Waals surface area (Å²) in [4.78, 5) is 11.9. The first-order valence-electron chi connectivity index (χ1n) is 6.31. The quantitative estimate of drug-likeness (QED) is 0.867. The maximum Gasteiger partial charge on any atom is 0.273 e. The molecule has 6 heteroatoms. The van der Waals surface area contributed by atoms with E-state index in [1.807, 2.05) is 6.07 Å². The Morgan fingerprint density at radius 3 is 2.62 bits per heavy atom. The number of nitrogens with zero attached hydrogens (tertiary/aromatic N) is 2. The second-order valence-electron chi connectivity index (χ2n) is 4.43. The lowest BCUT2D eigenvalue weighted by Gasteiger charge is -2.10. The van der Waals surface area contributed by atoms with Crippen LogP contribution in [0, 0.1) is 6.92 Å². The molecule has 0 amide bonds. The molecule has 0 unspecified atom stereocenters. The van der Waals surface area contributed by atoms with E-state index in [2.05, 4.69) is 5.10 Å². The molecule has 0 saturated heterocycles. The number of benzene rings is 1. The van der Waals surface area contributed by atoms with Crippen molar-refractivity contribution < 1.29 is 9.47 Å². The highest BCUT2D eigenvalue weighted by atomic mass is 16.5. The standard InChI is InChI=1S/C15H17N3O3/c1-10-7-13(16)18(14(19)8-10)17-9-11-5-4-6-12(20-2)15(11)21-3/h4-9H,16H2,1-3H3/b17-9-. The number of para-hydroxylation sites is 1. The molecule has 0 fully saturated rings. The summed E-state index contributed by atoms with van der Waals surface area (Å²) in [5, 5.41) is 4.12. The van der Waals surface area contributed by atoms with Gasteiger partial charge in [0.1, 0.15) is 5.82 Å². The fourth-order valence-electron chi connectivity index (χ4n) is 1.98. The van der Waals surface area contributed by atoms with Crippen LogP contribution in [0.25, 0.3) is 0 Å². The van der Waals surface area contributed by atoms with Crippen LogP contribution in [-0.4, -0.2) is 25.1 Å². The summed E-state index contributed by atoms with van der Waals surface area (Å²) in [7, 11) is 3.10. The molecule has 1 aromatic carbocycles. The topological polar surface area (TPSA) is 78.8 Å². The second-order valence-corrected chi connectivity index (χ2v) is 4.43. The molecule has 2 N–H and O–H groups in total. The van der Waals surface area contributed by atoms with Gasteiger partial charge in [-0.25, -0.2) is 0 Å². The van der Waals surface area contributed by atoms with Crippen molar-refractivity contribution in [1.29, 1.82) is 0 Å². The molecule has 0 spiro atoms. The summed E-state index contributed by atoms with van der Waals surface area (Å²) in [6.07, 6.45) is 1.51. The number of hydrogen-bond acceptors (Lipinski definition) is 5. The average molecular weight is 287 g/mol. The zero-order valence-electron chi connectivity index (χ0n) is 12.2. The fraction of sp³-hybridized carbons (Fsp3) is 0.200. The van der Waals surface area contributed by atoms with E-state index in [1.54, 1.807) is 39.3 Å². The van der Waals surface area contributed by atoms with Crippen LogP contribution in [0.2, 0.25) is 0 Å². The third-order valence-electron chi connectivity index (χ3n) is 2.93. The summed E-state index contributed by atoms with van der Waals surface area (Å²) >= 11 is 0. The van der Waals surface area contributed by atoms with Crippen LogP contribution in [0.15, 0.2) is 40.2 Å². The van der Waals surface area contributed by atoms with E-state index in [0.717, 1.165) is 10.2 Å². The van der Waals surface area contributed by atoms with Gasteiger partial charge in [-0.15, -0.1) is 0 Å². The van der Waals surface area contributed by atoms with Gasteiger partial charge in [0.25, 0.3) is 5.56 Å². The summed E-state index contributed by atoms with van der Waals surface area (Å²) in [5.41, 5.74) is 7.00. The molecule has 0 radical (unpaired) electrons. The number of aromatic nitrogens is 1. The zero-order chi connectivity index (χ0) is 15.4. The molecule has 2 aromatic rings. The molecular formula is C15H17N3O3. The number of aryl methyl sites for hydroxylation is 1. The monoisotopic (exact) mass is 287 g/mol. The molecule has 1 heterocycles. The van der Waals surface area contributed by atoms with Crippen LogP contribution in [-0.2, 0) is 0 Å². The fourth-order valence-corrected chi connectivity index (χ4v) is 1.98. The van der Waals surface area contributed by atoms with Gasteiger partial charge in [-0.2, -0.15) is 9.78 Å². The molecule has 6 nitrogen and oxygen atoms in total. The highest BCUT2D eigenvalue weighted by Crippen LogP contribution is 2.29. The summed E-state index contributed by atoms with van der Waals surface area (Å²) in [6.45, 7) is 1.80. The maximum absolute atomic E-state index is 11.9. The first-order chi connectivity index (χ1) is 10.1. The number of rotatable bonds is 4. The zero-order valence-corrected chi connectivity index (χ0v) is 12.2. The van der Waals surface area contributed by atoms with Crippen molar-refractivity contribution in [3.05, 3.63) is 51.8 Å². The van der Waals surface area contributed by atoms with E-state index >= 15 is 0 Å². The van der Waals surface area contributed by atoms with Crippen LogP contribution in [0.3, 0.4) is 0 Å². The van der Waals surface area contributed by atoms with E-state index in [-0.39, 0.29) is 11.4 Å². The van der Waals surface area contributed by atoms with E-state index in [1.165, 1.54) is 12.3 Å². The molecule has 110 valence electrons. The third-order valence-corrected chi connectivity index (χ3v) is 2.93. The van der Waals surface area contributed by atoms with Crippen molar-refractivity contribution >= 4 is 12.0 Å². The molecule has 2 rings (SSSR count). The number of nitrogen functional groups attached to an aromatic ring is 1. The van der Waals surface area contributed by atoms with E-state index in [0.29, 0.717) is 17.1 Å². The molecule has 0 saturated carbocycles. The maximum atomic E-state index is 11.9. The summed E-state index contributed by atoms with van der Waals surface area (Å²) < 4.78 is 11.6. The number of anilines is 1. The molecule has 0 aliphatic heterocycles. The Labute approximate surface area is 122 Å². The van der Waals surface area contributed by atoms with Crippen molar-refractivity contribution in [3.8, 4) is 11.5 Å². The molecule has 0 atom stereocenters. The largest absolute Gasteiger partial charge is 0.493 e. The second kappa shape index (κ2) is 6.13. The van der Waals surface area contributed by atoms with Gasteiger partial charge in [0.15, 0.2) is 11.5 Å². The van der Waals surface area contributed by atoms with Crippen LogP contribution in [0.5, 0.6) is 11.5 Å². The molecule has 1 aromatic heterocycles. The number of methoxy groups -OCH3 is 2. The highest BCUT2D eigenvalue weighted by Gasteiger charge is 2.08. The van der Waals surface area contributed by atoms with Gasteiger partial charge >= 0.3 is 0 Å². The predicted octanol–water partition coefficient (Wildman–Crippen LogP) is 1.64. The Morgan fingerprint density at radius 1 is 1.24 bits per heavy atom. The summed E-state index contributed by atoms with van der Waals surface area (Å²) in [6, 6.07) is 8.55. The van der Waals surface area contributed by atoms with Crippen molar-refractivity contribution in [3.63, 3.8) is 0 Å². The molecule has 0 aliphatic carbocycles. The highest BCUT2D eigenvalue weighted by molar-refractivity contribution is 5.85. The Hall–Kier alpha value is -2.76. The van der Waals surface area contributed by atoms with E-state index < -0.39 is 0 Å². The Balaban J connectivity index is 2.46. The minimum absolute atomic E-state index is 0.276. The van der Waals surface area contributed by atoms with Gasteiger partial charge in [-0.1, -0.05) is 6.07 Å². The minimum Gasteiger partial charge on any atom is -0.493 e. The van der Waals surface area contributed by atoms with Crippen LogP contribution in [0.4, 0.5) is 5.82 Å². The van der Waals surface area contributed by atoms with Crippen molar-refractivity contribution in [2.24, 2.45) is 5.10 Å². The minimum atomic E-state index is -0.286. The number of nitrogens with two attached hydrogens (primary N) is 1. The lowest BCUT2D eigenvalue weighted by atomic mass is 10.2. The molecule has 0 bridgehead atoms. The number of pyridine rings is 1. The van der Waals surface area contributed by atoms with Crippen molar-refractivity contribution in [1.82, 2.24) is 4.68 Å². The van der Waals surface area contributed by atoms with Crippen LogP contribution in [0.1, 0.15) is 11.1 Å². The summed E-state index contributed by atoms with van der Waals surface area (Å²) in [5.74, 6) is 1.41. The van der Waals surface area contributed by atoms with Gasteiger partial charge in [0.05, 0.1) is 20.4 Å². The van der Waals surface area contributed by atoms with Crippen LogP contribution < -0.4 is 20.8 Å².